The van der Waals surface area contributed by atoms with Gasteiger partial charge in [-0.25, -0.2) is 4.39 Å². The first-order chi connectivity index (χ1) is 41.2. The molecular weight excluding hydrogens is 1020 g/mol. The van der Waals surface area contributed by atoms with Gasteiger partial charge in [0.05, 0.1) is 7.11 Å². The molecule has 4 rings (SSSR count). The largest absolute Gasteiger partial charge is 0.492 e. The fraction of sp³-hybridized carbons (Fsp3) is 0.381. The van der Waals surface area contributed by atoms with E-state index in [1.807, 2.05) is 13.1 Å². The highest BCUT2D eigenvalue weighted by Crippen LogP contribution is 2.50. The number of halogens is 1. The average Bonchev–Trinajstić information content (AvgIpc) is 0.867. The molecule has 89 heavy (non-hydrogen) atoms. The van der Waals surface area contributed by atoms with Crippen molar-refractivity contribution in [2.24, 2.45) is 0 Å². The Morgan fingerprint density at radius 2 is 0.742 bits per heavy atom. The fourth-order valence-electron chi connectivity index (χ4n) is 14.7. The van der Waals surface area contributed by atoms with Crippen molar-refractivity contribution in [2.45, 2.75) is 25.3 Å². The lowest BCUT2D eigenvalue weighted by Crippen LogP contribution is -2.97. The van der Waals surface area contributed by atoms with Gasteiger partial charge < -0.3 is 14.2 Å². The average molecular weight is 1040 g/mol. The minimum Gasteiger partial charge on any atom is -0.492 e. The molecule has 5 nitrogen and oxygen atoms in total. The van der Waals surface area contributed by atoms with Crippen LogP contribution in [0.4, 0.5) is 4.39 Å². The van der Waals surface area contributed by atoms with Gasteiger partial charge >= 0.3 is 0 Å². The lowest BCUT2D eigenvalue weighted by atomic mass is 8.22. The highest BCUT2D eigenvalue weighted by molar-refractivity contribution is 8.38. The van der Waals surface area contributed by atoms with Crippen molar-refractivity contribution in [3.8, 4) is 17.2 Å². The monoisotopic (exact) mass is 1050 g/mol. The van der Waals surface area contributed by atoms with Gasteiger partial charge in [0, 0.05) is 470 Å². The second kappa shape index (κ2) is 38.7. The molecule has 0 aromatic heterocycles. The quantitative estimate of drug-likeness (QED) is 0.0654. The van der Waals surface area contributed by atoms with Crippen LogP contribution in [0.15, 0.2) is 30.3 Å². The van der Waals surface area contributed by atoms with Crippen LogP contribution in [0.2, 0.25) is 0 Å². The molecule has 0 spiro atoms. The summed E-state index contributed by atoms with van der Waals surface area (Å²) < 4.78 is 30.7. The molecule has 0 aliphatic carbocycles. The number of Topliss-reactive ketones (excluding diaryl/α,β-unsaturated/α-hetero) is 1. The Balaban J connectivity index is 0.000000624. The van der Waals surface area contributed by atoms with Crippen molar-refractivity contribution >= 4 is 445 Å². The molecule has 64 radical (unpaired) electrons. The number of carbonyl (C=O) groups is 1. The van der Waals surface area contributed by atoms with Crippen LogP contribution in [0.25, 0.3) is 0 Å². The van der Waals surface area contributed by atoms with E-state index in [1.54, 1.807) is 25.3 Å². The van der Waals surface area contributed by atoms with Gasteiger partial charge in [0.25, 0.3) is 0 Å². The molecule has 2 aliphatic rings. The summed E-state index contributed by atoms with van der Waals surface area (Å²) in [4.78, 5) is 14.9. The molecule has 328 valence electrons. The molecule has 0 amide bonds. The Hall–Kier alpha value is 1.43. The minimum absolute atomic E-state index is 0.00970. The van der Waals surface area contributed by atoms with E-state index in [0.29, 0.717) is 22.8 Å². The maximum Gasteiger partial charge on any atom is 0.231 e. The molecule has 0 fully saturated rings. The van der Waals surface area contributed by atoms with E-state index < -0.39 is 192 Å². The molecule has 0 saturated carbocycles. The molecule has 0 saturated heterocycles. The highest BCUT2D eigenvalue weighted by atomic mass is 19.1. The van der Waals surface area contributed by atoms with Crippen LogP contribution in [-0.4, -0.2) is 477 Å². The number of likely N-dealkylation sites (N-methyl/N-ethyl adjacent to an activating group) is 1. The van der Waals surface area contributed by atoms with Gasteiger partial charge in [-0.3, -0.25) is 9.69 Å². The number of hydrogen-bond donors (Lipinski definition) is 0. The van der Waals surface area contributed by atoms with Crippen LogP contribution < -0.4 is 14.2 Å². The standard InChI is InChI=1S/C21H22FNO4.B62/c1-23-8-7-14-10-18-20(27-12-26-18)21(25-2)19(14)17(23)11-15(24)9-13-5-3-4-6-16(13)22;1-33(2)49(34(3)4)57(50(35(5)6)36(7)8)61(58(51(37(9)10)38(11)12)52(39(13)14)40(15)16)62(59(53(41(17)18)42(19)20)54(43(21)22)44(23)24)60(55(45(25)26)46(27)28)56(47(29)30)48(31)32/h3-6,10,17H,7-9,11-12H2,1-2H3;. The predicted molar refractivity (Wildman–Crippen MR) is 455 cm³/mol. The second-order valence-corrected chi connectivity index (χ2v) is 24.3. The molecular formula is C21H22B62FNO4. The Morgan fingerprint density at radius 1 is 0.461 bits per heavy atom. The first kappa shape index (κ1) is 84.7. The summed E-state index contributed by atoms with van der Waals surface area (Å²) in [7, 11) is 215. The van der Waals surface area contributed by atoms with E-state index in [4.69, 9.17) is 262 Å². The van der Waals surface area contributed by atoms with E-state index in [9.17, 15) is 9.18 Å². The number of nitrogens with zero attached hydrogens (tertiary/aromatic N) is 1. The topological polar surface area (TPSA) is 48.0 Å². The van der Waals surface area contributed by atoms with Gasteiger partial charge in [0.1, 0.15) is 11.6 Å². The van der Waals surface area contributed by atoms with Crippen molar-refractivity contribution < 1.29 is 23.4 Å². The van der Waals surface area contributed by atoms with E-state index in [1.165, 1.54) is 6.07 Å². The van der Waals surface area contributed by atoms with Gasteiger partial charge in [0.2, 0.25) is 12.5 Å². The first-order valence-corrected chi connectivity index (χ1v) is 29.4. The van der Waals surface area contributed by atoms with Crippen molar-refractivity contribution in [2.75, 3.05) is 27.5 Å². The van der Waals surface area contributed by atoms with E-state index in [-0.39, 0.29) is 37.3 Å². The van der Waals surface area contributed by atoms with Crippen molar-refractivity contribution in [1.29, 1.82) is 0 Å². The fourth-order valence-corrected chi connectivity index (χ4v) is 14.7. The zero-order valence-electron chi connectivity index (χ0n) is 51.3. The van der Waals surface area contributed by atoms with Crippen LogP contribution >= 0.6 is 0 Å². The summed E-state index contributed by atoms with van der Waals surface area (Å²) in [5.74, 6) is 1.56. The molecule has 2 heterocycles. The van der Waals surface area contributed by atoms with Crippen LogP contribution in [-0.2, 0) is 17.6 Å². The summed E-state index contributed by atoms with van der Waals surface area (Å²) in [5, 5.41) is 0. The number of benzene rings is 2. The molecule has 2 aromatic rings. The summed E-state index contributed by atoms with van der Waals surface area (Å²) in [6.45, 7) is 0.995. The molecule has 1 unspecified atom stereocenters. The highest BCUT2D eigenvalue weighted by Gasteiger charge is 2.63. The van der Waals surface area contributed by atoms with E-state index in [2.05, 4.69) is 4.90 Å². The maximum absolute atomic E-state index is 13.9. The summed E-state index contributed by atoms with van der Waals surface area (Å²) in [6.07, 6.45) is -42.6. The SMILES string of the molecule is COc1c2c(cc3c1C(CC(=O)Cc1ccccc1F)N(C)CC3)OCO2.[B]B([B])B(B([B])[B])B(B(B([B])[B])B([B])[B])B(B(B(B([B])[B])B([B])[B])B(B([B])[B])B([B])[B])B(B(B(B([B])[B])B([B])[B])B(B([B])[B])B([B])[B])B(B(B([B])[B])B([B])[B])B(B([B])[B])B([B])[B]. The molecule has 68 heteroatoms. The van der Waals surface area contributed by atoms with Crippen LogP contribution in [0.5, 0.6) is 17.2 Å². The normalized spacial score (nSPS) is 12.3. The zero-order valence-corrected chi connectivity index (χ0v) is 51.3. The molecule has 0 bridgehead atoms. The van der Waals surface area contributed by atoms with Gasteiger partial charge in [-0.15, -0.1) is 0 Å². The van der Waals surface area contributed by atoms with E-state index >= 15 is 0 Å². The maximum atomic E-state index is 13.9. The number of ketones is 1. The van der Waals surface area contributed by atoms with Crippen molar-refractivity contribution in [3.05, 3.63) is 52.8 Å². The minimum atomic E-state index is -1.56. The summed E-state index contributed by atoms with van der Waals surface area (Å²) in [5.41, 5.74) is 2.51. The Morgan fingerprint density at radius 3 is 1.01 bits per heavy atom. The Labute approximate surface area is 591 Å². The number of methoxy groups -OCH3 is 1. The van der Waals surface area contributed by atoms with Crippen molar-refractivity contribution in [3.63, 3.8) is 0 Å². The number of carbonyl (C=O) groups excluding carboxylic acids is 1. The van der Waals surface area contributed by atoms with Crippen molar-refractivity contribution in [1.82, 2.24) is 4.90 Å². The molecule has 2 aliphatic heterocycles. The number of rotatable bonds is 34. The third-order valence-corrected chi connectivity index (χ3v) is 18.2. The third-order valence-electron chi connectivity index (χ3n) is 18.2. The number of fused-ring (bicyclic) bond motifs is 2. The summed E-state index contributed by atoms with van der Waals surface area (Å²) in [6, 6.07) is 8.26. The van der Waals surface area contributed by atoms with Gasteiger partial charge in [-0.2, -0.15) is 0 Å². The Bertz CT molecular complexity index is 2100. The Kier molecular flexibility index (Phi) is 36.8. The number of hydrogen-bond acceptors (Lipinski definition) is 5. The smallest absolute Gasteiger partial charge is 0.231 e. The second-order valence-electron chi connectivity index (χ2n) is 24.3. The van der Waals surface area contributed by atoms with Crippen LogP contribution in [0.3, 0.4) is 0 Å². The molecule has 2 aromatic carbocycles. The lowest BCUT2D eigenvalue weighted by Gasteiger charge is -2.59. The van der Waals surface area contributed by atoms with Crippen LogP contribution in [0.1, 0.15) is 29.2 Å². The zero-order chi connectivity index (χ0) is 68.3. The van der Waals surface area contributed by atoms with Crippen LogP contribution in [0, 0.1) is 5.82 Å². The predicted octanol–water partition coefficient (Wildman–Crippen LogP) is -20.3. The molecule has 0 N–H and O–H groups in total. The summed E-state index contributed by atoms with van der Waals surface area (Å²) >= 11 is 0. The van der Waals surface area contributed by atoms with Gasteiger partial charge in [0.15, 0.2) is 11.5 Å². The number of ether oxygens (including phenoxy) is 3. The lowest BCUT2D eigenvalue weighted by molar-refractivity contribution is -0.119. The third kappa shape index (κ3) is 21.7. The first-order valence-electron chi connectivity index (χ1n) is 29.4. The van der Waals surface area contributed by atoms with Gasteiger partial charge in [-0.1, -0.05) is 18.2 Å². The van der Waals surface area contributed by atoms with Gasteiger partial charge in [-0.05, 0) is 36.7 Å². The molecule has 1 atom stereocenters. The van der Waals surface area contributed by atoms with E-state index in [0.717, 1.165) is 24.1 Å².